The quantitative estimate of drug-likeness (QED) is 0.615. The molecule has 1 aromatic carbocycles. The van der Waals surface area contributed by atoms with Crippen LogP contribution in [0.4, 0.5) is 13.6 Å². The van der Waals surface area contributed by atoms with Crippen molar-refractivity contribution in [1.29, 1.82) is 0 Å². The van der Waals surface area contributed by atoms with E-state index in [-0.39, 0.29) is 18.6 Å². The number of nitrogens with zero attached hydrogens (tertiary/aromatic N) is 2. The molecule has 1 saturated heterocycles. The molecule has 0 saturated carbocycles. The maximum absolute atomic E-state index is 14.2. The smallest absolute Gasteiger partial charge is 0.410 e. The topological polar surface area (TPSA) is 85.8 Å². The molecule has 1 amide bonds. The summed E-state index contributed by atoms with van der Waals surface area (Å²) in [6.45, 7) is 6.46. The number of carbonyl (C=O) groups is 1. The van der Waals surface area contributed by atoms with Crippen LogP contribution >= 0.6 is 11.3 Å². The van der Waals surface area contributed by atoms with Crippen LogP contribution in [0.15, 0.2) is 22.4 Å². The van der Waals surface area contributed by atoms with E-state index >= 15 is 0 Å². The van der Waals surface area contributed by atoms with Gasteiger partial charge in [-0.05, 0) is 45.7 Å². The third-order valence-corrected chi connectivity index (χ3v) is 6.98. The molecule has 1 aliphatic heterocycles. The Hall–Kier alpha value is -2.27. The summed E-state index contributed by atoms with van der Waals surface area (Å²) in [6.07, 6.45) is 2.03. The Labute approximate surface area is 190 Å². The molecule has 32 heavy (non-hydrogen) atoms. The van der Waals surface area contributed by atoms with E-state index in [1.165, 1.54) is 11.3 Å². The van der Waals surface area contributed by atoms with Crippen LogP contribution in [0.25, 0.3) is 0 Å². The maximum Gasteiger partial charge on any atom is 0.410 e. The Morgan fingerprint density at radius 3 is 2.34 bits per heavy atom. The minimum atomic E-state index is -3.74. The molecule has 176 valence electrons. The Morgan fingerprint density at radius 1 is 1.22 bits per heavy atom. The number of amides is 1. The number of benzene rings is 1. The van der Waals surface area contributed by atoms with Crippen molar-refractivity contribution in [2.75, 3.05) is 19.3 Å². The van der Waals surface area contributed by atoms with Crippen LogP contribution in [0.1, 0.15) is 50.2 Å². The largest absolute Gasteiger partial charge is 0.481 e. The molecule has 0 unspecified atom stereocenters. The van der Waals surface area contributed by atoms with Crippen LogP contribution in [-0.4, -0.2) is 49.3 Å². The molecule has 2 aromatic rings. The van der Waals surface area contributed by atoms with Crippen LogP contribution in [0.2, 0.25) is 0 Å². The van der Waals surface area contributed by atoms with Crippen molar-refractivity contribution in [3.8, 4) is 5.75 Å². The van der Waals surface area contributed by atoms with Gasteiger partial charge in [0.05, 0.1) is 15.6 Å². The predicted molar refractivity (Wildman–Crippen MR) is 116 cm³/mol. The zero-order valence-corrected chi connectivity index (χ0v) is 20.0. The first-order valence-corrected chi connectivity index (χ1v) is 12.8. The highest BCUT2D eigenvalue weighted by Gasteiger charge is 2.29. The van der Waals surface area contributed by atoms with Crippen LogP contribution < -0.4 is 4.74 Å². The Bertz CT molecular complexity index is 1060. The summed E-state index contributed by atoms with van der Waals surface area (Å²) in [4.78, 5) is 17.9. The van der Waals surface area contributed by atoms with E-state index in [1.807, 2.05) is 20.8 Å². The highest BCUT2D eigenvalue weighted by molar-refractivity contribution is 7.90. The second-order valence-electron chi connectivity index (χ2n) is 8.70. The average Bonchev–Trinajstić information content (AvgIpc) is 3.14. The molecular weight excluding hydrogens is 462 g/mol. The SMILES string of the molecule is CC(C)(C)OC(=O)N1CCC(c2nc(COc3c(F)cc(S(C)(=O)=O)cc3F)cs2)CC1. The van der Waals surface area contributed by atoms with Crippen molar-refractivity contribution in [2.45, 2.75) is 56.6 Å². The Kier molecular flexibility index (Phi) is 7.09. The van der Waals surface area contributed by atoms with E-state index < -0.39 is 37.7 Å². The molecule has 11 heteroatoms. The summed E-state index contributed by atoms with van der Waals surface area (Å²) in [6, 6.07) is 1.47. The number of ether oxygens (including phenoxy) is 2. The van der Waals surface area contributed by atoms with E-state index in [2.05, 4.69) is 4.98 Å². The molecule has 0 bridgehead atoms. The third kappa shape index (κ3) is 6.16. The van der Waals surface area contributed by atoms with Crippen molar-refractivity contribution in [1.82, 2.24) is 9.88 Å². The van der Waals surface area contributed by atoms with Crippen molar-refractivity contribution >= 4 is 27.3 Å². The first-order chi connectivity index (χ1) is 14.8. The minimum absolute atomic E-state index is 0.153. The van der Waals surface area contributed by atoms with Gasteiger partial charge in [-0.1, -0.05) is 0 Å². The van der Waals surface area contributed by atoms with E-state index in [0.717, 1.165) is 36.2 Å². The lowest BCUT2D eigenvalue weighted by Gasteiger charge is -2.32. The van der Waals surface area contributed by atoms with Gasteiger partial charge >= 0.3 is 6.09 Å². The summed E-state index contributed by atoms with van der Waals surface area (Å²) in [5.74, 6) is -2.64. The second kappa shape index (κ2) is 9.30. The van der Waals surface area contributed by atoms with E-state index in [0.29, 0.717) is 18.8 Å². The molecule has 0 N–H and O–H groups in total. The van der Waals surface area contributed by atoms with Gasteiger partial charge in [0.1, 0.15) is 12.2 Å². The molecule has 7 nitrogen and oxygen atoms in total. The number of sulfone groups is 1. The number of rotatable bonds is 5. The molecular formula is C21H26F2N2O5S2. The molecule has 0 aliphatic carbocycles. The van der Waals surface area contributed by atoms with Crippen LogP contribution in [-0.2, 0) is 21.2 Å². The van der Waals surface area contributed by atoms with Gasteiger partial charge in [0.2, 0.25) is 0 Å². The Morgan fingerprint density at radius 2 is 1.81 bits per heavy atom. The second-order valence-corrected chi connectivity index (χ2v) is 11.6. The summed E-state index contributed by atoms with van der Waals surface area (Å²) in [5, 5.41) is 2.64. The fourth-order valence-corrected chi connectivity index (χ4v) is 4.86. The summed E-state index contributed by atoms with van der Waals surface area (Å²) in [5.41, 5.74) is -0.0204. The zero-order valence-electron chi connectivity index (χ0n) is 18.4. The highest BCUT2D eigenvalue weighted by Crippen LogP contribution is 2.32. The van der Waals surface area contributed by atoms with Crippen molar-refractivity contribution in [3.05, 3.63) is 39.8 Å². The minimum Gasteiger partial charge on any atom is -0.481 e. The average molecular weight is 489 g/mol. The van der Waals surface area contributed by atoms with Crippen LogP contribution in [0, 0.1) is 11.6 Å². The summed E-state index contributed by atoms with van der Waals surface area (Å²) >= 11 is 1.43. The van der Waals surface area contributed by atoms with E-state index in [1.54, 1.807) is 10.3 Å². The van der Waals surface area contributed by atoms with Gasteiger partial charge in [-0.15, -0.1) is 11.3 Å². The van der Waals surface area contributed by atoms with E-state index in [9.17, 15) is 22.0 Å². The van der Waals surface area contributed by atoms with Crippen molar-refractivity contribution in [3.63, 3.8) is 0 Å². The number of halogens is 2. The number of hydrogen-bond acceptors (Lipinski definition) is 7. The molecule has 1 aromatic heterocycles. The molecule has 1 aliphatic rings. The summed E-state index contributed by atoms with van der Waals surface area (Å²) in [7, 11) is -3.74. The number of carbonyl (C=O) groups excluding carboxylic acids is 1. The monoisotopic (exact) mass is 488 g/mol. The van der Waals surface area contributed by atoms with Gasteiger partial charge in [0.25, 0.3) is 0 Å². The molecule has 3 rings (SSSR count). The van der Waals surface area contributed by atoms with Gasteiger partial charge in [0, 0.05) is 30.6 Å². The zero-order chi connectivity index (χ0) is 23.7. The lowest BCUT2D eigenvalue weighted by atomic mass is 9.98. The number of hydrogen-bond donors (Lipinski definition) is 0. The summed E-state index contributed by atoms with van der Waals surface area (Å²) < 4.78 is 61.9. The molecule has 0 atom stereocenters. The highest BCUT2D eigenvalue weighted by atomic mass is 32.2. The fourth-order valence-electron chi connectivity index (χ4n) is 3.25. The molecule has 1 fully saturated rings. The van der Waals surface area contributed by atoms with Gasteiger partial charge in [-0.2, -0.15) is 0 Å². The normalized spacial score (nSPS) is 15.6. The third-order valence-electron chi connectivity index (χ3n) is 4.83. The lowest BCUT2D eigenvalue weighted by Crippen LogP contribution is -2.41. The van der Waals surface area contributed by atoms with Gasteiger partial charge in [-0.25, -0.2) is 27.0 Å². The molecule has 2 heterocycles. The number of piperidine rings is 1. The van der Waals surface area contributed by atoms with Gasteiger partial charge in [-0.3, -0.25) is 0 Å². The lowest BCUT2D eigenvalue weighted by molar-refractivity contribution is 0.0204. The first-order valence-electron chi connectivity index (χ1n) is 10.1. The van der Waals surface area contributed by atoms with Crippen molar-refractivity contribution in [2.24, 2.45) is 0 Å². The van der Waals surface area contributed by atoms with Crippen molar-refractivity contribution < 1.29 is 31.5 Å². The maximum atomic E-state index is 14.2. The number of likely N-dealkylation sites (tertiary alicyclic amines) is 1. The predicted octanol–water partition coefficient (Wildman–Crippen LogP) is 4.52. The van der Waals surface area contributed by atoms with Gasteiger partial charge in [0.15, 0.2) is 27.2 Å². The first kappa shape index (κ1) is 24.4. The van der Waals surface area contributed by atoms with Crippen LogP contribution in [0.5, 0.6) is 5.75 Å². The standard InChI is InChI=1S/C21H26F2N2O5S2/c1-21(2,3)30-20(26)25-7-5-13(6-8-25)19-24-14(12-31-19)11-29-18-16(22)9-15(10-17(18)23)32(4,27)28/h9-10,12-13H,5-8,11H2,1-4H3. The molecule has 0 radical (unpaired) electrons. The Balaban J connectivity index is 1.58. The fraction of sp³-hybridized carbons (Fsp3) is 0.524. The van der Waals surface area contributed by atoms with Crippen LogP contribution in [0.3, 0.4) is 0 Å². The van der Waals surface area contributed by atoms with E-state index in [4.69, 9.17) is 9.47 Å². The van der Waals surface area contributed by atoms with Gasteiger partial charge < -0.3 is 14.4 Å². The number of thiazole rings is 1. The molecule has 0 spiro atoms. The number of aromatic nitrogens is 1.